The number of aryl methyl sites for hydroxylation is 1. The second-order valence-electron chi connectivity index (χ2n) is 7.77. The van der Waals surface area contributed by atoms with Gasteiger partial charge in [0.2, 0.25) is 11.8 Å². The minimum atomic E-state index is 0.0643. The standard InChI is InChI=1S/C23H27N3O2/c1-17(27)26(21-8-9-22-19(15-21)7-10-23(28)24-22)20-11-13-25(14-12-20)16-18-5-3-2-4-6-18/h2-6,8-9,15,20H,7,10-14,16H2,1H3,(H,24,28). The van der Waals surface area contributed by atoms with Gasteiger partial charge in [-0.15, -0.1) is 0 Å². The van der Waals surface area contributed by atoms with Gasteiger partial charge in [0.1, 0.15) is 0 Å². The first-order valence-electron chi connectivity index (χ1n) is 10.1. The maximum atomic E-state index is 12.5. The molecule has 5 heteroatoms. The van der Waals surface area contributed by atoms with E-state index >= 15 is 0 Å². The smallest absolute Gasteiger partial charge is 0.224 e. The lowest BCUT2D eigenvalue weighted by Crippen LogP contribution is -2.46. The van der Waals surface area contributed by atoms with Gasteiger partial charge >= 0.3 is 0 Å². The van der Waals surface area contributed by atoms with Crippen LogP contribution in [0.1, 0.15) is 37.3 Å². The van der Waals surface area contributed by atoms with Crippen LogP contribution in [0.3, 0.4) is 0 Å². The molecule has 2 aliphatic heterocycles. The van der Waals surface area contributed by atoms with Crippen LogP contribution in [0.15, 0.2) is 48.5 Å². The van der Waals surface area contributed by atoms with Crippen LogP contribution in [0, 0.1) is 0 Å². The molecule has 0 aliphatic carbocycles. The van der Waals surface area contributed by atoms with E-state index in [1.165, 1.54) is 5.56 Å². The topological polar surface area (TPSA) is 52.7 Å². The maximum Gasteiger partial charge on any atom is 0.224 e. The highest BCUT2D eigenvalue weighted by Gasteiger charge is 2.28. The van der Waals surface area contributed by atoms with E-state index < -0.39 is 0 Å². The minimum Gasteiger partial charge on any atom is -0.326 e. The molecule has 0 spiro atoms. The molecule has 2 aromatic carbocycles. The molecular weight excluding hydrogens is 350 g/mol. The van der Waals surface area contributed by atoms with Gasteiger partial charge in [-0.3, -0.25) is 14.5 Å². The number of amides is 2. The summed E-state index contributed by atoms with van der Waals surface area (Å²) in [6, 6.07) is 16.7. The third-order valence-corrected chi connectivity index (χ3v) is 5.77. The zero-order chi connectivity index (χ0) is 19.5. The van der Waals surface area contributed by atoms with E-state index in [0.717, 1.165) is 55.8 Å². The summed E-state index contributed by atoms with van der Waals surface area (Å²) < 4.78 is 0. The normalized spacial score (nSPS) is 17.7. The molecule has 0 unspecified atom stereocenters. The van der Waals surface area contributed by atoms with Gasteiger partial charge in [0.25, 0.3) is 0 Å². The number of hydrogen-bond donors (Lipinski definition) is 1. The first-order chi connectivity index (χ1) is 13.6. The summed E-state index contributed by atoms with van der Waals surface area (Å²) >= 11 is 0. The highest BCUT2D eigenvalue weighted by molar-refractivity contribution is 5.96. The van der Waals surface area contributed by atoms with Gasteiger partial charge in [0.15, 0.2) is 0 Å². The molecule has 2 aliphatic rings. The largest absolute Gasteiger partial charge is 0.326 e. The summed E-state index contributed by atoms with van der Waals surface area (Å²) in [6.45, 7) is 4.60. The van der Waals surface area contributed by atoms with Gasteiger partial charge in [-0.25, -0.2) is 0 Å². The number of fused-ring (bicyclic) bond motifs is 1. The minimum absolute atomic E-state index is 0.0643. The van der Waals surface area contributed by atoms with E-state index in [9.17, 15) is 9.59 Å². The van der Waals surface area contributed by atoms with Crippen LogP contribution < -0.4 is 10.2 Å². The quantitative estimate of drug-likeness (QED) is 0.886. The number of carbonyl (C=O) groups is 2. The van der Waals surface area contributed by atoms with Crippen molar-refractivity contribution in [2.24, 2.45) is 0 Å². The molecule has 5 nitrogen and oxygen atoms in total. The van der Waals surface area contributed by atoms with Crippen molar-refractivity contribution in [2.75, 3.05) is 23.3 Å². The van der Waals surface area contributed by atoms with Crippen LogP contribution in [-0.2, 0) is 22.6 Å². The van der Waals surface area contributed by atoms with E-state index in [0.29, 0.717) is 6.42 Å². The average Bonchev–Trinajstić information content (AvgIpc) is 2.70. The highest BCUT2D eigenvalue weighted by Crippen LogP contribution is 2.30. The van der Waals surface area contributed by atoms with Crippen LogP contribution >= 0.6 is 0 Å². The summed E-state index contributed by atoms with van der Waals surface area (Å²) in [4.78, 5) is 28.5. The first kappa shape index (κ1) is 18.7. The number of piperidine rings is 1. The maximum absolute atomic E-state index is 12.5. The van der Waals surface area contributed by atoms with E-state index in [1.54, 1.807) is 6.92 Å². The van der Waals surface area contributed by atoms with Gasteiger partial charge < -0.3 is 10.2 Å². The Morgan fingerprint density at radius 2 is 1.86 bits per heavy atom. The van der Waals surface area contributed by atoms with Gasteiger partial charge in [-0.05, 0) is 48.6 Å². The Hall–Kier alpha value is -2.66. The summed E-state index contributed by atoms with van der Waals surface area (Å²) in [7, 11) is 0. The third kappa shape index (κ3) is 4.09. The van der Waals surface area contributed by atoms with Gasteiger partial charge in [-0.2, -0.15) is 0 Å². The monoisotopic (exact) mass is 377 g/mol. The Balaban J connectivity index is 1.44. The van der Waals surface area contributed by atoms with Crippen molar-refractivity contribution in [3.05, 3.63) is 59.7 Å². The van der Waals surface area contributed by atoms with E-state index in [2.05, 4.69) is 40.5 Å². The molecule has 146 valence electrons. The summed E-state index contributed by atoms with van der Waals surface area (Å²) in [5.41, 5.74) is 4.27. The van der Waals surface area contributed by atoms with Crippen LogP contribution in [0.5, 0.6) is 0 Å². The molecule has 0 radical (unpaired) electrons. The molecule has 0 bridgehead atoms. The fraction of sp³-hybridized carbons (Fsp3) is 0.391. The number of benzene rings is 2. The second kappa shape index (κ2) is 8.15. The van der Waals surface area contributed by atoms with Crippen molar-refractivity contribution in [3.8, 4) is 0 Å². The van der Waals surface area contributed by atoms with Crippen LogP contribution in [0.2, 0.25) is 0 Å². The molecule has 2 heterocycles. The lowest BCUT2D eigenvalue weighted by molar-refractivity contribution is -0.117. The van der Waals surface area contributed by atoms with Gasteiger partial charge in [-0.1, -0.05) is 30.3 Å². The first-order valence-corrected chi connectivity index (χ1v) is 10.1. The lowest BCUT2D eigenvalue weighted by atomic mass is 9.98. The molecule has 28 heavy (non-hydrogen) atoms. The number of likely N-dealkylation sites (tertiary alicyclic amines) is 1. The van der Waals surface area contributed by atoms with Crippen LogP contribution in [0.4, 0.5) is 11.4 Å². The Morgan fingerprint density at radius 1 is 1.11 bits per heavy atom. The SMILES string of the molecule is CC(=O)N(c1ccc2c(c1)CCC(=O)N2)C1CCN(Cc2ccccc2)CC1. The molecule has 1 N–H and O–H groups in total. The van der Waals surface area contributed by atoms with Crippen LogP contribution in [0.25, 0.3) is 0 Å². The predicted molar refractivity (Wildman–Crippen MR) is 111 cm³/mol. The van der Waals surface area contributed by atoms with Crippen molar-refractivity contribution < 1.29 is 9.59 Å². The third-order valence-electron chi connectivity index (χ3n) is 5.77. The Bertz CT molecular complexity index is 857. The zero-order valence-corrected chi connectivity index (χ0v) is 16.4. The Kier molecular flexibility index (Phi) is 5.44. The molecule has 0 saturated carbocycles. The second-order valence-corrected chi connectivity index (χ2v) is 7.77. The molecule has 4 rings (SSSR count). The van der Waals surface area contributed by atoms with E-state index in [-0.39, 0.29) is 17.9 Å². The molecule has 2 aromatic rings. The molecule has 0 atom stereocenters. The zero-order valence-electron chi connectivity index (χ0n) is 16.4. The lowest BCUT2D eigenvalue weighted by Gasteiger charge is -2.38. The van der Waals surface area contributed by atoms with Crippen LogP contribution in [-0.4, -0.2) is 35.8 Å². The van der Waals surface area contributed by atoms with Crippen molar-refractivity contribution in [3.63, 3.8) is 0 Å². The van der Waals surface area contributed by atoms with Crippen molar-refractivity contribution in [2.45, 2.75) is 45.2 Å². The number of carbonyl (C=O) groups excluding carboxylic acids is 2. The molecular formula is C23H27N3O2. The Labute approximate surface area is 166 Å². The number of rotatable bonds is 4. The number of nitrogens with one attached hydrogen (secondary N) is 1. The molecule has 1 fully saturated rings. The number of anilines is 2. The Morgan fingerprint density at radius 3 is 2.57 bits per heavy atom. The summed E-state index contributed by atoms with van der Waals surface area (Å²) in [5, 5.41) is 2.91. The average molecular weight is 377 g/mol. The number of nitrogens with zero attached hydrogens (tertiary/aromatic N) is 2. The van der Waals surface area contributed by atoms with E-state index in [1.807, 2.05) is 23.1 Å². The van der Waals surface area contributed by atoms with Crippen molar-refractivity contribution >= 4 is 23.2 Å². The molecule has 1 saturated heterocycles. The van der Waals surface area contributed by atoms with Crippen molar-refractivity contribution in [1.29, 1.82) is 0 Å². The van der Waals surface area contributed by atoms with Gasteiger partial charge in [0, 0.05) is 50.4 Å². The van der Waals surface area contributed by atoms with Gasteiger partial charge in [0.05, 0.1) is 0 Å². The molecule has 0 aromatic heterocycles. The fourth-order valence-corrected chi connectivity index (χ4v) is 4.35. The fourth-order valence-electron chi connectivity index (χ4n) is 4.35. The van der Waals surface area contributed by atoms with E-state index in [4.69, 9.17) is 0 Å². The summed E-state index contributed by atoms with van der Waals surface area (Å²) in [5.74, 6) is 0.149. The predicted octanol–water partition coefficient (Wildman–Crippen LogP) is 3.59. The number of hydrogen-bond acceptors (Lipinski definition) is 3. The summed E-state index contributed by atoms with van der Waals surface area (Å²) in [6.07, 6.45) is 3.19. The molecule has 2 amide bonds. The van der Waals surface area contributed by atoms with Crippen molar-refractivity contribution in [1.82, 2.24) is 4.90 Å². The highest BCUT2D eigenvalue weighted by atomic mass is 16.2.